The van der Waals surface area contributed by atoms with Gasteiger partial charge in [0.1, 0.15) is 11.6 Å². The van der Waals surface area contributed by atoms with Gasteiger partial charge in [0.25, 0.3) is 5.91 Å². The number of carbonyl (C=O) groups is 2. The molecule has 0 aromatic heterocycles. The van der Waals surface area contributed by atoms with Crippen LogP contribution in [0.25, 0.3) is 0 Å². The van der Waals surface area contributed by atoms with E-state index in [9.17, 15) is 19.1 Å². The summed E-state index contributed by atoms with van der Waals surface area (Å²) in [5.41, 5.74) is -0.135. The maximum Gasteiger partial charge on any atom is 0.268 e. The number of phenols is 1. The SMILES string of the molecule is CC(C)N(N)C(=O)c1cc(F)ccc1C(=O)c1ccccc1O. The number of phenolic OH excluding ortho intramolecular Hbond substituents is 1. The van der Waals surface area contributed by atoms with Crippen molar-refractivity contribution in [3.63, 3.8) is 0 Å². The van der Waals surface area contributed by atoms with Crippen molar-refractivity contribution < 1.29 is 19.1 Å². The second-order valence-corrected chi connectivity index (χ2v) is 5.34. The molecule has 0 spiro atoms. The highest BCUT2D eigenvalue weighted by atomic mass is 19.1. The second kappa shape index (κ2) is 6.58. The average Bonchev–Trinajstić information content (AvgIpc) is 2.53. The van der Waals surface area contributed by atoms with Crippen LogP contribution in [0.3, 0.4) is 0 Å². The van der Waals surface area contributed by atoms with E-state index in [0.717, 1.165) is 17.1 Å². The first-order valence-corrected chi connectivity index (χ1v) is 7.03. The van der Waals surface area contributed by atoms with E-state index in [2.05, 4.69) is 0 Å². The molecule has 0 fully saturated rings. The van der Waals surface area contributed by atoms with E-state index in [4.69, 9.17) is 5.84 Å². The largest absolute Gasteiger partial charge is 0.507 e. The Hall–Kier alpha value is -2.73. The van der Waals surface area contributed by atoms with Crippen LogP contribution in [0.15, 0.2) is 42.5 Å². The summed E-state index contributed by atoms with van der Waals surface area (Å²) in [4.78, 5) is 25.0. The van der Waals surface area contributed by atoms with Crippen molar-refractivity contribution in [1.29, 1.82) is 0 Å². The zero-order valence-corrected chi connectivity index (χ0v) is 12.8. The van der Waals surface area contributed by atoms with Crippen molar-refractivity contribution in [2.75, 3.05) is 0 Å². The number of ketones is 1. The Bertz CT molecular complexity index is 759. The Balaban J connectivity index is 2.54. The molecule has 2 rings (SSSR count). The van der Waals surface area contributed by atoms with Gasteiger partial charge in [0.05, 0.1) is 11.1 Å². The number of para-hydroxylation sites is 1. The van der Waals surface area contributed by atoms with Crippen molar-refractivity contribution in [2.45, 2.75) is 19.9 Å². The molecular formula is C17H17FN2O3. The van der Waals surface area contributed by atoms with E-state index >= 15 is 0 Å². The van der Waals surface area contributed by atoms with Gasteiger partial charge in [-0.25, -0.2) is 10.2 Å². The van der Waals surface area contributed by atoms with Gasteiger partial charge in [-0.05, 0) is 44.2 Å². The topological polar surface area (TPSA) is 83.6 Å². The summed E-state index contributed by atoms with van der Waals surface area (Å²) in [6.45, 7) is 3.39. The monoisotopic (exact) mass is 316 g/mol. The van der Waals surface area contributed by atoms with Gasteiger partial charge in [-0.15, -0.1) is 0 Å². The van der Waals surface area contributed by atoms with Crippen molar-refractivity contribution in [1.82, 2.24) is 5.01 Å². The summed E-state index contributed by atoms with van der Waals surface area (Å²) in [6, 6.07) is 8.90. The third-order valence-electron chi connectivity index (χ3n) is 3.40. The van der Waals surface area contributed by atoms with Crippen LogP contribution in [0.1, 0.15) is 40.1 Å². The Labute approximate surface area is 133 Å². The molecule has 120 valence electrons. The minimum Gasteiger partial charge on any atom is -0.507 e. The lowest BCUT2D eigenvalue weighted by atomic mass is 9.97. The summed E-state index contributed by atoms with van der Waals surface area (Å²) in [6.07, 6.45) is 0. The molecule has 0 saturated carbocycles. The van der Waals surface area contributed by atoms with E-state index in [1.54, 1.807) is 26.0 Å². The van der Waals surface area contributed by atoms with Gasteiger partial charge in [0.2, 0.25) is 0 Å². The number of nitrogens with two attached hydrogens (primary N) is 1. The smallest absolute Gasteiger partial charge is 0.268 e. The van der Waals surface area contributed by atoms with Crippen molar-refractivity contribution in [2.24, 2.45) is 5.84 Å². The molecule has 6 heteroatoms. The molecule has 2 aromatic rings. The molecule has 0 aliphatic heterocycles. The molecule has 0 unspecified atom stereocenters. The summed E-state index contributed by atoms with van der Waals surface area (Å²) >= 11 is 0. The number of hydrogen-bond donors (Lipinski definition) is 2. The number of aromatic hydroxyl groups is 1. The maximum atomic E-state index is 13.5. The van der Waals surface area contributed by atoms with Gasteiger partial charge in [-0.2, -0.15) is 0 Å². The highest BCUT2D eigenvalue weighted by Gasteiger charge is 2.24. The van der Waals surface area contributed by atoms with Crippen LogP contribution >= 0.6 is 0 Å². The van der Waals surface area contributed by atoms with E-state index in [0.29, 0.717) is 0 Å². The van der Waals surface area contributed by atoms with E-state index in [1.807, 2.05) is 0 Å². The number of hydrazine groups is 1. The molecule has 5 nitrogen and oxygen atoms in total. The van der Waals surface area contributed by atoms with Crippen molar-refractivity contribution in [3.05, 3.63) is 65.0 Å². The van der Waals surface area contributed by atoms with Crippen molar-refractivity contribution >= 4 is 11.7 Å². The Morgan fingerprint density at radius 1 is 1.09 bits per heavy atom. The molecule has 0 heterocycles. The lowest BCUT2D eigenvalue weighted by Gasteiger charge is -2.22. The average molecular weight is 316 g/mol. The van der Waals surface area contributed by atoms with Crippen LogP contribution in [-0.4, -0.2) is 27.8 Å². The number of benzene rings is 2. The quantitative estimate of drug-likeness (QED) is 0.393. The lowest BCUT2D eigenvalue weighted by Crippen LogP contribution is -2.43. The molecule has 0 radical (unpaired) electrons. The summed E-state index contributed by atoms with van der Waals surface area (Å²) < 4.78 is 13.5. The highest BCUT2D eigenvalue weighted by Crippen LogP contribution is 2.23. The van der Waals surface area contributed by atoms with Crippen LogP contribution in [0, 0.1) is 5.82 Å². The summed E-state index contributed by atoms with van der Waals surface area (Å²) in [7, 11) is 0. The number of halogens is 1. The molecule has 0 aliphatic rings. The molecule has 1 amide bonds. The van der Waals surface area contributed by atoms with Gasteiger partial charge < -0.3 is 5.11 Å². The van der Waals surface area contributed by atoms with Crippen LogP contribution in [0.2, 0.25) is 0 Å². The first kappa shape index (κ1) is 16.6. The second-order valence-electron chi connectivity index (χ2n) is 5.34. The van der Waals surface area contributed by atoms with Gasteiger partial charge in [-0.1, -0.05) is 12.1 Å². The predicted molar refractivity (Wildman–Crippen MR) is 83.4 cm³/mol. The van der Waals surface area contributed by atoms with Crippen LogP contribution in [-0.2, 0) is 0 Å². The molecule has 0 bridgehead atoms. The molecule has 0 atom stereocenters. The normalized spacial score (nSPS) is 10.7. The fraction of sp³-hybridized carbons (Fsp3) is 0.176. The predicted octanol–water partition coefficient (Wildman–Crippen LogP) is 2.49. The van der Waals surface area contributed by atoms with Gasteiger partial charge in [0.15, 0.2) is 5.78 Å². The number of hydrogen-bond acceptors (Lipinski definition) is 4. The fourth-order valence-corrected chi connectivity index (χ4v) is 2.08. The molecule has 0 aliphatic carbocycles. The van der Waals surface area contributed by atoms with E-state index in [-0.39, 0.29) is 28.5 Å². The van der Waals surface area contributed by atoms with Crippen LogP contribution < -0.4 is 5.84 Å². The van der Waals surface area contributed by atoms with Gasteiger partial charge in [-0.3, -0.25) is 14.6 Å². The zero-order chi connectivity index (χ0) is 17.1. The number of amides is 1. The molecule has 3 N–H and O–H groups in total. The van der Waals surface area contributed by atoms with Gasteiger partial charge in [0, 0.05) is 11.6 Å². The fourth-order valence-electron chi connectivity index (χ4n) is 2.08. The maximum absolute atomic E-state index is 13.5. The highest BCUT2D eigenvalue weighted by molar-refractivity contribution is 6.16. The van der Waals surface area contributed by atoms with E-state index in [1.165, 1.54) is 18.2 Å². The Morgan fingerprint density at radius 2 is 1.74 bits per heavy atom. The summed E-state index contributed by atoms with van der Waals surface area (Å²) in [5, 5.41) is 10.7. The first-order valence-electron chi connectivity index (χ1n) is 7.03. The van der Waals surface area contributed by atoms with Crippen LogP contribution in [0.4, 0.5) is 4.39 Å². The third kappa shape index (κ3) is 3.37. The molecule has 2 aromatic carbocycles. The minimum absolute atomic E-state index is 0.0194. The number of rotatable bonds is 4. The Kier molecular flexibility index (Phi) is 4.76. The first-order chi connectivity index (χ1) is 10.8. The van der Waals surface area contributed by atoms with E-state index < -0.39 is 17.5 Å². The lowest BCUT2D eigenvalue weighted by molar-refractivity contribution is 0.0701. The minimum atomic E-state index is -0.668. The molecular weight excluding hydrogens is 299 g/mol. The number of carbonyl (C=O) groups excluding carboxylic acids is 2. The Morgan fingerprint density at radius 3 is 2.35 bits per heavy atom. The van der Waals surface area contributed by atoms with Gasteiger partial charge >= 0.3 is 0 Å². The van der Waals surface area contributed by atoms with Crippen molar-refractivity contribution in [3.8, 4) is 5.75 Å². The number of nitrogens with zero attached hydrogens (tertiary/aromatic N) is 1. The standard InChI is InChI=1S/C17H17FN2O3/c1-10(2)20(19)17(23)14-9-11(18)7-8-12(14)16(22)13-5-3-4-6-15(13)21/h3-10,21H,19H2,1-2H3. The van der Waals surface area contributed by atoms with Crippen LogP contribution in [0.5, 0.6) is 5.75 Å². The molecule has 0 saturated heterocycles. The zero-order valence-electron chi connectivity index (χ0n) is 12.8. The third-order valence-corrected chi connectivity index (χ3v) is 3.40. The summed E-state index contributed by atoms with van der Waals surface area (Å²) in [5.74, 6) is 3.56. The molecule has 23 heavy (non-hydrogen) atoms.